The molecule has 0 atom stereocenters. The van der Waals surface area contributed by atoms with Crippen molar-refractivity contribution < 1.29 is 4.79 Å². The lowest BCUT2D eigenvalue weighted by molar-refractivity contribution is 0.0990. The number of rotatable bonds is 4. The van der Waals surface area contributed by atoms with Crippen LogP contribution in [-0.2, 0) is 0 Å². The van der Waals surface area contributed by atoms with E-state index < -0.39 is 0 Å². The fraction of sp³-hybridized carbons (Fsp3) is 0.217. The molecule has 5 heteroatoms. The van der Waals surface area contributed by atoms with Gasteiger partial charge in [0.1, 0.15) is 0 Å². The number of nitrogens with one attached hydrogen (secondary N) is 1. The number of hydrogen-bond donors (Lipinski definition) is 1. The second kappa shape index (κ2) is 7.24. The summed E-state index contributed by atoms with van der Waals surface area (Å²) in [4.78, 5) is 31.3. The standard InChI is InChI=1S/C23H22N2O2S/c1-4-11-25(19-8-6-5-7-15(19)3)23(27)20-13-17-21(28-20)16-12-14(2)9-10-18(16)24-22(17)26/h5-10,12-13H,4,11H2,1-3H3,(H,24,26). The molecular formula is C23H22N2O2S. The van der Waals surface area contributed by atoms with Gasteiger partial charge in [0.2, 0.25) is 0 Å². The summed E-state index contributed by atoms with van der Waals surface area (Å²) in [5.74, 6) is -0.0578. The maximum atomic E-state index is 13.4. The molecule has 0 saturated carbocycles. The van der Waals surface area contributed by atoms with E-state index in [-0.39, 0.29) is 11.5 Å². The number of fused-ring (bicyclic) bond motifs is 3. The molecule has 2 heterocycles. The van der Waals surface area contributed by atoms with Crippen molar-refractivity contribution in [3.05, 3.63) is 74.9 Å². The van der Waals surface area contributed by atoms with Gasteiger partial charge < -0.3 is 9.88 Å². The lowest BCUT2D eigenvalue weighted by Crippen LogP contribution is -2.31. The van der Waals surface area contributed by atoms with Gasteiger partial charge in [0.05, 0.1) is 10.3 Å². The van der Waals surface area contributed by atoms with Crippen LogP contribution in [0.3, 0.4) is 0 Å². The Bertz CT molecular complexity index is 1250. The molecule has 28 heavy (non-hydrogen) atoms. The summed E-state index contributed by atoms with van der Waals surface area (Å²) >= 11 is 1.40. The van der Waals surface area contributed by atoms with Crippen LogP contribution < -0.4 is 10.5 Å². The van der Waals surface area contributed by atoms with Crippen molar-refractivity contribution in [1.29, 1.82) is 0 Å². The van der Waals surface area contributed by atoms with Crippen molar-refractivity contribution in [3.63, 3.8) is 0 Å². The van der Waals surface area contributed by atoms with Gasteiger partial charge in [0.15, 0.2) is 0 Å². The van der Waals surface area contributed by atoms with Gasteiger partial charge in [-0.15, -0.1) is 11.3 Å². The number of pyridine rings is 1. The number of aryl methyl sites for hydroxylation is 2. The molecule has 2 aromatic carbocycles. The predicted octanol–water partition coefficient (Wildman–Crippen LogP) is 5.42. The molecule has 0 aliphatic carbocycles. The topological polar surface area (TPSA) is 53.2 Å². The first-order valence-electron chi connectivity index (χ1n) is 9.43. The molecule has 4 rings (SSSR count). The zero-order valence-electron chi connectivity index (χ0n) is 16.2. The molecule has 4 aromatic rings. The number of nitrogens with zero attached hydrogens (tertiary/aromatic N) is 1. The number of carbonyl (C=O) groups is 1. The van der Waals surface area contributed by atoms with Gasteiger partial charge in [-0.25, -0.2) is 0 Å². The predicted molar refractivity (Wildman–Crippen MR) is 118 cm³/mol. The van der Waals surface area contributed by atoms with Crippen LogP contribution in [0.5, 0.6) is 0 Å². The minimum Gasteiger partial charge on any atom is -0.321 e. The Kier molecular flexibility index (Phi) is 4.77. The fourth-order valence-electron chi connectivity index (χ4n) is 3.56. The largest absolute Gasteiger partial charge is 0.321 e. The second-order valence-corrected chi connectivity index (χ2v) is 8.15. The van der Waals surface area contributed by atoms with Crippen molar-refractivity contribution in [1.82, 2.24) is 4.98 Å². The number of benzene rings is 2. The van der Waals surface area contributed by atoms with E-state index in [1.54, 1.807) is 6.07 Å². The Labute approximate surface area is 167 Å². The van der Waals surface area contributed by atoms with E-state index in [0.29, 0.717) is 16.8 Å². The van der Waals surface area contributed by atoms with Crippen LogP contribution in [0.4, 0.5) is 5.69 Å². The highest BCUT2D eigenvalue weighted by atomic mass is 32.1. The summed E-state index contributed by atoms with van der Waals surface area (Å²) in [5.41, 5.74) is 3.74. The van der Waals surface area contributed by atoms with Gasteiger partial charge in [0.25, 0.3) is 11.5 Å². The van der Waals surface area contributed by atoms with Crippen LogP contribution in [-0.4, -0.2) is 17.4 Å². The van der Waals surface area contributed by atoms with Crippen molar-refractivity contribution in [2.24, 2.45) is 0 Å². The number of hydrogen-bond acceptors (Lipinski definition) is 3. The van der Waals surface area contributed by atoms with Gasteiger partial charge in [-0.2, -0.15) is 0 Å². The smallest absolute Gasteiger partial charge is 0.268 e. The summed E-state index contributed by atoms with van der Waals surface area (Å²) in [5, 5.41) is 1.56. The van der Waals surface area contributed by atoms with Gasteiger partial charge >= 0.3 is 0 Å². The highest BCUT2D eigenvalue weighted by Crippen LogP contribution is 2.32. The molecular weight excluding hydrogens is 368 g/mol. The third-order valence-corrected chi connectivity index (χ3v) is 6.11. The summed E-state index contributed by atoms with van der Waals surface area (Å²) in [7, 11) is 0. The molecule has 0 aliphatic rings. The number of aromatic amines is 1. The van der Waals surface area contributed by atoms with Crippen molar-refractivity contribution in [2.75, 3.05) is 11.4 Å². The third kappa shape index (κ3) is 3.12. The third-order valence-electron chi connectivity index (χ3n) is 4.95. The Hall–Kier alpha value is -2.92. The number of amides is 1. The summed E-state index contributed by atoms with van der Waals surface area (Å²) < 4.78 is 0.868. The molecule has 0 spiro atoms. The molecule has 0 bridgehead atoms. The average molecular weight is 391 g/mol. The average Bonchev–Trinajstić information content (AvgIpc) is 3.13. The van der Waals surface area contributed by atoms with Gasteiger partial charge in [-0.1, -0.05) is 36.8 Å². The highest BCUT2D eigenvalue weighted by molar-refractivity contribution is 7.21. The van der Waals surface area contributed by atoms with E-state index in [4.69, 9.17) is 0 Å². The number of thiophene rings is 1. The van der Waals surface area contributed by atoms with E-state index in [9.17, 15) is 9.59 Å². The first-order chi connectivity index (χ1) is 13.5. The van der Waals surface area contributed by atoms with E-state index >= 15 is 0 Å². The minimum absolute atomic E-state index is 0.0578. The number of H-pyrrole nitrogens is 1. The summed E-state index contributed by atoms with van der Waals surface area (Å²) in [6.45, 7) is 6.73. The van der Waals surface area contributed by atoms with Crippen LogP contribution in [0, 0.1) is 13.8 Å². The molecule has 0 radical (unpaired) electrons. The van der Waals surface area contributed by atoms with E-state index in [1.807, 2.05) is 55.1 Å². The number of carbonyl (C=O) groups excluding carboxylic acids is 1. The van der Waals surface area contributed by atoms with Gasteiger partial charge in [-0.05, 0) is 50.1 Å². The van der Waals surface area contributed by atoms with Crippen molar-refractivity contribution >= 4 is 43.9 Å². The second-order valence-electron chi connectivity index (χ2n) is 7.10. The van der Waals surface area contributed by atoms with Crippen LogP contribution in [0.1, 0.15) is 34.1 Å². The van der Waals surface area contributed by atoms with Gasteiger partial charge in [-0.3, -0.25) is 9.59 Å². The molecule has 1 amide bonds. The minimum atomic E-state index is -0.153. The van der Waals surface area contributed by atoms with Gasteiger partial charge in [0, 0.05) is 27.8 Å². The lowest BCUT2D eigenvalue weighted by atomic mass is 10.1. The quantitative estimate of drug-likeness (QED) is 0.506. The fourth-order valence-corrected chi connectivity index (χ4v) is 4.70. The monoisotopic (exact) mass is 390 g/mol. The molecule has 2 aromatic heterocycles. The highest BCUT2D eigenvalue weighted by Gasteiger charge is 2.22. The number of para-hydroxylation sites is 1. The first-order valence-corrected chi connectivity index (χ1v) is 10.2. The van der Waals surface area contributed by atoms with Crippen LogP contribution in [0.15, 0.2) is 53.3 Å². The molecule has 142 valence electrons. The van der Waals surface area contributed by atoms with E-state index in [0.717, 1.165) is 38.8 Å². The number of aromatic nitrogens is 1. The number of anilines is 1. The summed E-state index contributed by atoms with van der Waals surface area (Å²) in [6, 6.07) is 15.6. The summed E-state index contributed by atoms with van der Waals surface area (Å²) in [6.07, 6.45) is 0.855. The SMILES string of the molecule is CCCN(C(=O)c1cc2c(=O)[nH]c3ccc(C)cc3c2s1)c1ccccc1C. The first kappa shape index (κ1) is 18.4. The molecule has 0 aliphatic heterocycles. The van der Waals surface area contributed by atoms with Crippen molar-refractivity contribution in [2.45, 2.75) is 27.2 Å². The maximum Gasteiger partial charge on any atom is 0.268 e. The maximum absolute atomic E-state index is 13.4. The van der Waals surface area contributed by atoms with Crippen LogP contribution >= 0.6 is 11.3 Å². The Morgan fingerprint density at radius 2 is 1.86 bits per heavy atom. The molecule has 1 N–H and O–H groups in total. The van der Waals surface area contributed by atoms with Crippen molar-refractivity contribution in [3.8, 4) is 0 Å². The van der Waals surface area contributed by atoms with E-state index in [1.165, 1.54) is 11.3 Å². The van der Waals surface area contributed by atoms with E-state index in [2.05, 4.69) is 18.0 Å². The Morgan fingerprint density at radius 1 is 1.07 bits per heavy atom. The molecule has 0 saturated heterocycles. The van der Waals surface area contributed by atoms with Crippen LogP contribution in [0.25, 0.3) is 21.0 Å². The Balaban J connectivity index is 1.88. The van der Waals surface area contributed by atoms with Crippen LogP contribution in [0.2, 0.25) is 0 Å². The lowest BCUT2D eigenvalue weighted by Gasteiger charge is -2.23. The molecule has 0 unspecified atom stereocenters. The molecule has 0 fully saturated rings. The normalized spacial score (nSPS) is 11.2. The zero-order chi connectivity index (χ0) is 19.8. The Morgan fingerprint density at radius 3 is 2.61 bits per heavy atom. The molecule has 4 nitrogen and oxygen atoms in total. The zero-order valence-corrected chi connectivity index (χ0v) is 17.0.